The summed E-state index contributed by atoms with van der Waals surface area (Å²) >= 11 is 1.44. The van der Waals surface area contributed by atoms with Gasteiger partial charge in [0.05, 0.1) is 12.1 Å². The molecule has 32 heavy (non-hydrogen) atoms. The van der Waals surface area contributed by atoms with E-state index in [-0.39, 0.29) is 25.8 Å². The number of nitrogens with zero attached hydrogens (tertiary/aromatic N) is 1. The molecule has 0 aromatic rings. The number of carbonyl (C=O) groups is 5. The lowest BCUT2D eigenvalue weighted by Gasteiger charge is -2.31. The summed E-state index contributed by atoms with van der Waals surface area (Å²) in [5.41, 5.74) is 5.66. The maximum atomic E-state index is 13.0. The fourth-order valence-electron chi connectivity index (χ4n) is 3.30. The number of carbonyl (C=O) groups excluding carboxylic acids is 3. The van der Waals surface area contributed by atoms with Gasteiger partial charge in [-0.05, 0) is 44.6 Å². The number of carboxylic acid groups (broad SMARTS) is 2. The summed E-state index contributed by atoms with van der Waals surface area (Å²) in [7, 11) is 0. The molecule has 1 aliphatic heterocycles. The molecule has 0 spiro atoms. The minimum atomic E-state index is -1.39. The van der Waals surface area contributed by atoms with Gasteiger partial charge in [0.1, 0.15) is 18.1 Å². The normalized spacial score (nSPS) is 19.5. The first-order valence-electron chi connectivity index (χ1n) is 10.3. The standard InChI is InChI=1S/C19H32N4O8S/c1-10(24)15(22-16(27)11(20)5-6-14(25)26)18(29)23-8-3-4-13(23)17(28)21-12(19(30)31)7-9-32-2/h10-13,15,24H,3-9,20H2,1-2H3,(H,21,28)(H,22,27)(H,25,26)(H,30,31). The average Bonchev–Trinajstić information content (AvgIpc) is 3.21. The fourth-order valence-corrected chi connectivity index (χ4v) is 3.77. The van der Waals surface area contributed by atoms with Crippen LogP contribution in [-0.2, 0) is 24.0 Å². The molecule has 7 N–H and O–H groups in total. The van der Waals surface area contributed by atoms with E-state index in [1.807, 2.05) is 6.26 Å². The van der Waals surface area contributed by atoms with Gasteiger partial charge in [0.15, 0.2) is 0 Å². The van der Waals surface area contributed by atoms with Crippen molar-refractivity contribution in [3.05, 3.63) is 0 Å². The first kappa shape index (κ1) is 27.7. The maximum absolute atomic E-state index is 13.0. The van der Waals surface area contributed by atoms with Crippen LogP contribution in [0.5, 0.6) is 0 Å². The van der Waals surface area contributed by atoms with Crippen LogP contribution in [0.15, 0.2) is 0 Å². The van der Waals surface area contributed by atoms with Gasteiger partial charge in [-0.3, -0.25) is 19.2 Å². The Morgan fingerprint density at radius 2 is 1.81 bits per heavy atom. The minimum Gasteiger partial charge on any atom is -0.481 e. The number of amides is 3. The third kappa shape index (κ3) is 8.28. The highest BCUT2D eigenvalue weighted by Gasteiger charge is 2.40. The number of nitrogens with one attached hydrogen (secondary N) is 2. The Labute approximate surface area is 190 Å². The first-order valence-corrected chi connectivity index (χ1v) is 11.7. The highest BCUT2D eigenvalue weighted by Crippen LogP contribution is 2.20. The fraction of sp³-hybridized carbons (Fsp3) is 0.737. The Bertz CT molecular complexity index is 705. The van der Waals surface area contributed by atoms with Crippen molar-refractivity contribution >= 4 is 41.4 Å². The van der Waals surface area contributed by atoms with Crippen LogP contribution in [0.2, 0.25) is 0 Å². The Morgan fingerprint density at radius 3 is 2.34 bits per heavy atom. The Morgan fingerprint density at radius 1 is 1.16 bits per heavy atom. The molecular weight excluding hydrogens is 444 g/mol. The van der Waals surface area contributed by atoms with Crippen LogP contribution in [0.25, 0.3) is 0 Å². The number of hydrogen-bond acceptors (Lipinski definition) is 8. The summed E-state index contributed by atoms with van der Waals surface area (Å²) in [5.74, 6) is -3.88. The minimum absolute atomic E-state index is 0.150. The Balaban J connectivity index is 2.86. The third-order valence-electron chi connectivity index (χ3n) is 5.12. The number of nitrogens with two attached hydrogens (primary N) is 1. The van der Waals surface area contributed by atoms with Crippen molar-refractivity contribution in [2.24, 2.45) is 5.73 Å². The molecule has 0 bridgehead atoms. The van der Waals surface area contributed by atoms with Gasteiger partial charge in [0.25, 0.3) is 0 Å². The van der Waals surface area contributed by atoms with E-state index in [4.69, 9.17) is 10.8 Å². The molecular formula is C19H32N4O8S. The van der Waals surface area contributed by atoms with E-state index in [9.17, 15) is 34.2 Å². The number of hydrogen-bond donors (Lipinski definition) is 6. The highest BCUT2D eigenvalue weighted by atomic mass is 32.2. The van der Waals surface area contributed by atoms with Crippen LogP contribution >= 0.6 is 11.8 Å². The van der Waals surface area contributed by atoms with Gasteiger partial charge in [0.2, 0.25) is 17.7 Å². The van der Waals surface area contributed by atoms with Crippen LogP contribution in [0.3, 0.4) is 0 Å². The molecule has 0 radical (unpaired) electrons. The predicted molar refractivity (Wildman–Crippen MR) is 116 cm³/mol. The van der Waals surface area contributed by atoms with Gasteiger partial charge >= 0.3 is 11.9 Å². The van der Waals surface area contributed by atoms with Crippen LogP contribution in [0, 0.1) is 0 Å². The molecule has 1 fully saturated rings. The second-order valence-corrected chi connectivity index (χ2v) is 8.62. The van der Waals surface area contributed by atoms with Gasteiger partial charge in [-0.2, -0.15) is 11.8 Å². The summed E-state index contributed by atoms with van der Waals surface area (Å²) in [6, 6.07) is -4.60. The van der Waals surface area contributed by atoms with E-state index < -0.39 is 59.9 Å². The Hall–Kier alpha value is -2.38. The van der Waals surface area contributed by atoms with E-state index in [0.717, 1.165) is 0 Å². The lowest BCUT2D eigenvalue weighted by Crippen LogP contribution is -2.59. The third-order valence-corrected chi connectivity index (χ3v) is 5.76. The smallest absolute Gasteiger partial charge is 0.326 e. The molecule has 12 nitrogen and oxygen atoms in total. The summed E-state index contributed by atoms with van der Waals surface area (Å²) < 4.78 is 0. The van der Waals surface area contributed by atoms with Crippen molar-refractivity contribution in [2.75, 3.05) is 18.6 Å². The number of aliphatic hydroxyl groups is 1. The highest BCUT2D eigenvalue weighted by molar-refractivity contribution is 7.98. The lowest BCUT2D eigenvalue weighted by atomic mass is 10.1. The quantitative estimate of drug-likeness (QED) is 0.179. The molecule has 182 valence electrons. The molecule has 0 aromatic carbocycles. The zero-order valence-corrected chi connectivity index (χ0v) is 19.0. The van der Waals surface area contributed by atoms with E-state index in [1.54, 1.807) is 0 Å². The zero-order chi connectivity index (χ0) is 24.4. The largest absolute Gasteiger partial charge is 0.481 e. The summed E-state index contributed by atoms with van der Waals surface area (Å²) in [6.07, 6.45) is 1.05. The molecule has 1 heterocycles. The van der Waals surface area contributed by atoms with E-state index in [1.165, 1.54) is 23.6 Å². The van der Waals surface area contributed by atoms with E-state index in [2.05, 4.69) is 10.6 Å². The second-order valence-electron chi connectivity index (χ2n) is 7.64. The number of likely N-dealkylation sites (tertiary alicyclic amines) is 1. The van der Waals surface area contributed by atoms with Crippen molar-refractivity contribution < 1.29 is 39.3 Å². The number of thioether (sulfide) groups is 1. The topological polar surface area (TPSA) is 199 Å². The SMILES string of the molecule is CSCCC(NC(=O)C1CCCN1C(=O)C(NC(=O)C(N)CCC(=O)O)C(C)O)C(=O)O. The van der Waals surface area contributed by atoms with Gasteiger partial charge in [-0.25, -0.2) is 4.79 Å². The maximum Gasteiger partial charge on any atom is 0.326 e. The van der Waals surface area contributed by atoms with Crippen molar-refractivity contribution in [2.45, 2.75) is 69.3 Å². The van der Waals surface area contributed by atoms with Crippen LogP contribution in [-0.4, -0.2) is 98.7 Å². The number of carboxylic acids is 2. The van der Waals surface area contributed by atoms with Crippen molar-refractivity contribution in [3.63, 3.8) is 0 Å². The summed E-state index contributed by atoms with van der Waals surface area (Å²) in [4.78, 5) is 61.3. The average molecular weight is 477 g/mol. The molecule has 5 unspecified atom stereocenters. The van der Waals surface area contributed by atoms with Crippen molar-refractivity contribution in [1.82, 2.24) is 15.5 Å². The molecule has 5 atom stereocenters. The summed E-state index contributed by atoms with van der Waals surface area (Å²) in [5, 5.41) is 32.9. The van der Waals surface area contributed by atoms with Gasteiger partial charge in [-0.1, -0.05) is 0 Å². The molecule has 0 aliphatic carbocycles. The predicted octanol–water partition coefficient (Wildman–Crippen LogP) is -1.64. The lowest BCUT2D eigenvalue weighted by molar-refractivity contribution is -0.146. The van der Waals surface area contributed by atoms with Gasteiger partial charge < -0.3 is 36.6 Å². The zero-order valence-electron chi connectivity index (χ0n) is 18.2. The Kier molecular flexibility index (Phi) is 11.4. The molecule has 13 heteroatoms. The summed E-state index contributed by atoms with van der Waals surface area (Å²) in [6.45, 7) is 1.49. The monoisotopic (exact) mass is 476 g/mol. The van der Waals surface area contributed by atoms with Crippen molar-refractivity contribution in [3.8, 4) is 0 Å². The van der Waals surface area contributed by atoms with Gasteiger partial charge in [-0.15, -0.1) is 0 Å². The van der Waals surface area contributed by atoms with Crippen LogP contribution in [0.1, 0.15) is 39.0 Å². The molecule has 1 rings (SSSR count). The number of aliphatic carboxylic acids is 2. The molecule has 0 aromatic heterocycles. The molecule has 3 amide bonds. The molecule has 0 saturated carbocycles. The molecule has 1 saturated heterocycles. The van der Waals surface area contributed by atoms with Gasteiger partial charge in [0, 0.05) is 13.0 Å². The van der Waals surface area contributed by atoms with E-state index >= 15 is 0 Å². The van der Waals surface area contributed by atoms with E-state index in [0.29, 0.717) is 18.6 Å². The van der Waals surface area contributed by atoms with Crippen molar-refractivity contribution in [1.29, 1.82) is 0 Å². The number of rotatable bonds is 13. The molecule has 1 aliphatic rings. The van der Waals surface area contributed by atoms with Crippen LogP contribution in [0.4, 0.5) is 0 Å². The van der Waals surface area contributed by atoms with Crippen LogP contribution < -0.4 is 16.4 Å². The first-order chi connectivity index (χ1) is 15.0. The number of aliphatic hydroxyl groups excluding tert-OH is 1. The second kappa shape index (κ2) is 13.2.